The predicted molar refractivity (Wildman–Crippen MR) is 74.1 cm³/mol. The molecule has 0 spiro atoms. The van der Waals surface area contributed by atoms with Gasteiger partial charge in [-0.1, -0.05) is 6.07 Å². The zero-order chi connectivity index (χ0) is 13.5. The second kappa shape index (κ2) is 6.84. The van der Waals surface area contributed by atoms with Gasteiger partial charge in [0, 0.05) is 24.5 Å². The van der Waals surface area contributed by atoms with Crippen LogP contribution in [0.1, 0.15) is 11.9 Å². The van der Waals surface area contributed by atoms with Crippen LogP contribution in [0.25, 0.3) is 11.4 Å². The second-order valence-corrected chi connectivity index (χ2v) is 4.68. The fourth-order valence-corrected chi connectivity index (χ4v) is 2.30. The first-order chi connectivity index (χ1) is 9.29. The molecule has 2 aromatic heterocycles. The van der Waals surface area contributed by atoms with E-state index in [1.807, 2.05) is 23.6 Å². The highest BCUT2D eigenvalue weighted by Gasteiger charge is 2.06. The van der Waals surface area contributed by atoms with Crippen LogP contribution in [0, 0.1) is 0 Å². The monoisotopic (exact) mass is 277 g/mol. The topological polar surface area (TPSA) is 64.1 Å². The van der Waals surface area contributed by atoms with Crippen molar-refractivity contribution in [2.24, 2.45) is 0 Å². The molecule has 19 heavy (non-hydrogen) atoms. The van der Waals surface area contributed by atoms with Gasteiger partial charge in [0.2, 0.25) is 0 Å². The van der Waals surface area contributed by atoms with Gasteiger partial charge in [0.05, 0.1) is 23.0 Å². The first kappa shape index (κ1) is 13.5. The Kier molecular flexibility index (Phi) is 4.85. The summed E-state index contributed by atoms with van der Waals surface area (Å²) >= 11 is 1.57. The second-order valence-electron chi connectivity index (χ2n) is 3.74. The molecule has 0 fully saturated rings. The Labute approximate surface area is 115 Å². The van der Waals surface area contributed by atoms with Crippen molar-refractivity contribution in [2.75, 3.05) is 13.2 Å². The predicted octanol–water partition coefficient (Wildman–Crippen LogP) is 2.49. The number of rotatable bonds is 5. The lowest BCUT2D eigenvalue weighted by molar-refractivity contribution is 0.152. The number of amides is 1. The van der Waals surface area contributed by atoms with Crippen LogP contribution >= 0.6 is 11.3 Å². The molecule has 2 aromatic rings. The highest BCUT2D eigenvalue weighted by atomic mass is 32.1. The van der Waals surface area contributed by atoms with Crippen molar-refractivity contribution in [2.45, 2.75) is 13.3 Å². The fourth-order valence-electron chi connectivity index (χ4n) is 1.51. The minimum absolute atomic E-state index is 0.382. The number of carbonyl (C=O) groups is 1. The summed E-state index contributed by atoms with van der Waals surface area (Å²) in [6, 6.07) is 5.74. The number of pyridine rings is 1. The summed E-state index contributed by atoms with van der Waals surface area (Å²) < 4.78 is 4.78. The van der Waals surface area contributed by atoms with Gasteiger partial charge in [-0.05, 0) is 19.1 Å². The van der Waals surface area contributed by atoms with Crippen LogP contribution in [0.15, 0.2) is 29.8 Å². The smallest absolute Gasteiger partial charge is 0.407 e. The van der Waals surface area contributed by atoms with E-state index in [9.17, 15) is 4.79 Å². The molecule has 0 bridgehead atoms. The Balaban J connectivity index is 1.86. The van der Waals surface area contributed by atoms with E-state index in [0.29, 0.717) is 19.6 Å². The Morgan fingerprint density at radius 2 is 2.32 bits per heavy atom. The lowest BCUT2D eigenvalue weighted by atomic mass is 10.3. The lowest BCUT2D eigenvalue weighted by Crippen LogP contribution is -2.26. The number of ether oxygens (including phenoxy) is 1. The minimum Gasteiger partial charge on any atom is -0.450 e. The normalized spacial score (nSPS) is 10.2. The van der Waals surface area contributed by atoms with Crippen molar-refractivity contribution in [1.82, 2.24) is 15.3 Å². The van der Waals surface area contributed by atoms with Gasteiger partial charge in [0.25, 0.3) is 0 Å². The summed E-state index contributed by atoms with van der Waals surface area (Å²) in [7, 11) is 0. The largest absolute Gasteiger partial charge is 0.450 e. The highest BCUT2D eigenvalue weighted by molar-refractivity contribution is 7.09. The molecule has 1 amide bonds. The number of hydrogen-bond acceptors (Lipinski definition) is 5. The van der Waals surface area contributed by atoms with E-state index in [-0.39, 0.29) is 6.09 Å². The zero-order valence-electron chi connectivity index (χ0n) is 10.6. The van der Waals surface area contributed by atoms with Crippen molar-refractivity contribution in [1.29, 1.82) is 0 Å². The van der Waals surface area contributed by atoms with Crippen LogP contribution < -0.4 is 5.32 Å². The third kappa shape index (κ3) is 4.03. The molecule has 0 aromatic carbocycles. The van der Waals surface area contributed by atoms with Crippen LogP contribution in [0.4, 0.5) is 4.79 Å². The molecule has 1 N–H and O–H groups in total. The maximum atomic E-state index is 11.1. The summed E-state index contributed by atoms with van der Waals surface area (Å²) in [5, 5.41) is 5.62. The maximum Gasteiger partial charge on any atom is 0.407 e. The number of alkyl carbamates (subject to hydrolysis) is 1. The molecule has 100 valence electrons. The lowest BCUT2D eigenvalue weighted by Gasteiger charge is -2.02. The summed E-state index contributed by atoms with van der Waals surface area (Å²) in [5.41, 5.74) is 1.74. The average molecular weight is 277 g/mol. The van der Waals surface area contributed by atoms with Crippen molar-refractivity contribution >= 4 is 17.4 Å². The summed E-state index contributed by atoms with van der Waals surface area (Å²) in [6.07, 6.45) is 2.05. The average Bonchev–Trinajstić information content (AvgIpc) is 2.89. The number of thiazole rings is 1. The molecular formula is C13H15N3O2S. The standard InChI is InChI=1S/C13H15N3O2S/c1-2-18-13(17)15-8-6-12-16-11(9-19-12)10-5-3-4-7-14-10/h3-5,7,9H,2,6,8H2,1H3,(H,15,17). The van der Waals surface area contributed by atoms with Crippen LogP contribution in [0.5, 0.6) is 0 Å². The number of nitrogens with one attached hydrogen (secondary N) is 1. The van der Waals surface area contributed by atoms with E-state index in [1.165, 1.54) is 0 Å². The molecule has 5 nitrogen and oxygen atoms in total. The first-order valence-corrected chi connectivity index (χ1v) is 6.94. The number of carbonyl (C=O) groups excluding carboxylic acids is 1. The quantitative estimate of drug-likeness (QED) is 0.912. The van der Waals surface area contributed by atoms with Crippen molar-refractivity contribution in [3.05, 3.63) is 34.8 Å². The molecule has 0 aliphatic heterocycles. The molecule has 0 saturated carbocycles. The Hall–Kier alpha value is -1.95. The van der Waals surface area contributed by atoms with Crippen molar-refractivity contribution in [3.63, 3.8) is 0 Å². The van der Waals surface area contributed by atoms with Gasteiger partial charge >= 0.3 is 6.09 Å². The van der Waals surface area contributed by atoms with Crippen LogP contribution in [-0.2, 0) is 11.2 Å². The Morgan fingerprint density at radius 1 is 1.42 bits per heavy atom. The summed E-state index contributed by atoms with van der Waals surface area (Å²) in [5.74, 6) is 0. The molecule has 0 atom stereocenters. The van der Waals surface area contributed by atoms with Crippen molar-refractivity contribution in [3.8, 4) is 11.4 Å². The minimum atomic E-state index is -0.385. The summed E-state index contributed by atoms with van der Waals surface area (Å²) in [6.45, 7) is 2.68. The van der Waals surface area contributed by atoms with Gasteiger partial charge in [0.1, 0.15) is 0 Å². The van der Waals surface area contributed by atoms with Crippen molar-refractivity contribution < 1.29 is 9.53 Å². The SMILES string of the molecule is CCOC(=O)NCCc1nc(-c2ccccn2)cs1. The van der Waals surface area contributed by atoms with E-state index in [2.05, 4.69) is 15.3 Å². The van der Waals surface area contributed by atoms with Crippen LogP contribution in [0.2, 0.25) is 0 Å². The number of aromatic nitrogens is 2. The Morgan fingerprint density at radius 3 is 3.05 bits per heavy atom. The summed E-state index contributed by atoms with van der Waals surface area (Å²) in [4.78, 5) is 19.8. The third-order valence-electron chi connectivity index (χ3n) is 2.36. The van der Waals surface area contributed by atoms with E-state index in [4.69, 9.17) is 4.74 Å². The molecule has 0 aliphatic carbocycles. The highest BCUT2D eigenvalue weighted by Crippen LogP contribution is 2.19. The van der Waals surface area contributed by atoms with E-state index in [0.717, 1.165) is 16.4 Å². The molecule has 0 aliphatic rings. The van der Waals surface area contributed by atoms with Crippen LogP contribution in [0.3, 0.4) is 0 Å². The number of nitrogens with zero attached hydrogens (tertiary/aromatic N) is 2. The molecule has 2 rings (SSSR count). The van der Waals surface area contributed by atoms with Gasteiger partial charge in [-0.25, -0.2) is 9.78 Å². The van der Waals surface area contributed by atoms with E-state index < -0.39 is 0 Å². The molecule has 0 saturated heterocycles. The maximum absolute atomic E-state index is 11.1. The fraction of sp³-hybridized carbons (Fsp3) is 0.308. The molecule has 2 heterocycles. The molecule has 6 heteroatoms. The van der Waals surface area contributed by atoms with Gasteiger partial charge in [-0.2, -0.15) is 0 Å². The van der Waals surface area contributed by atoms with Gasteiger partial charge in [-0.3, -0.25) is 4.98 Å². The van der Waals surface area contributed by atoms with Gasteiger partial charge in [-0.15, -0.1) is 11.3 Å². The molecule has 0 unspecified atom stereocenters. The number of hydrogen-bond donors (Lipinski definition) is 1. The molecular weight excluding hydrogens is 262 g/mol. The van der Waals surface area contributed by atoms with Gasteiger partial charge < -0.3 is 10.1 Å². The molecule has 0 radical (unpaired) electrons. The Bertz CT molecular complexity index is 528. The first-order valence-electron chi connectivity index (χ1n) is 6.06. The van der Waals surface area contributed by atoms with Gasteiger partial charge in [0.15, 0.2) is 0 Å². The van der Waals surface area contributed by atoms with Crippen LogP contribution in [-0.4, -0.2) is 29.2 Å². The van der Waals surface area contributed by atoms with E-state index in [1.54, 1.807) is 24.5 Å². The third-order valence-corrected chi connectivity index (χ3v) is 3.27. The zero-order valence-corrected chi connectivity index (χ0v) is 11.4. The van der Waals surface area contributed by atoms with E-state index >= 15 is 0 Å².